The van der Waals surface area contributed by atoms with Crippen LogP contribution >= 0.6 is 0 Å². The zero-order valence-electron chi connectivity index (χ0n) is 24.9. The first kappa shape index (κ1) is 30.9. The van der Waals surface area contributed by atoms with Crippen molar-refractivity contribution in [3.8, 4) is 23.0 Å². The van der Waals surface area contributed by atoms with Gasteiger partial charge in [0.1, 0.15) is 11.6 Å². The molecule has 1 aromatic heterocycles. The molecule has 1 amide bonds. The Kier molecular flexibility index (Phi) is 10.3. The van der Waals surface area contributed by atoms with Crippen LogP contribution in [0.5, 0.6) is 23.0 Å². The summed E-state index contributed by atoms with van der Waals surface area (Å²) < 4.78 is 46.3. The van der Waals surface area contributed by atoms with E-state index in [4.69, 9.17) is 14.2 Å². The van der Waals surface area contributed by atoms with E-state index in [2.05, 4.69) is 27.3 Å². The first-order chi connectivity index (χ1) is 21.4. The zero-order valence-corrected chi connectivity index (χ0v) is 24.9. The maximum atomic E-state index is 15.0. The van der Waals surface area contributed by atoms with Crippen molar-refractivity contribution in [1.29, 1.82) is 0 Å². The SMILES string of the molecule is COc1cc2c(Oc3ccc(CC(=O)N/N=C/c4ccccc4F)cc3F)ccnc2cc1OCCCN1CCC(C)CC1. The fourth-order valence-electron chi connectivity index (χ4n) is 5.08. The van der Waals surface area contributed by atoms with Gasteiger partial charge in [-0.2, -0.15) is 5.10 Å². The molecule has 3 aromatic carbocycles. The van der Waals surface area contributed by atoms with Gasteiger partial charge in [-0.1, -0.05) is 31.2 Å². The van der Waals surface area contributed by atoms with E-state index < -0.39 is 17.5 Å². The number of hydrazone groups is 1. The Labute approximate surface area is 255 Å². The number of aromatic nitrogens is 1. The van der Waals surface area contributed by atoms with Crippen molar-refractivity contribution in [3.63, 3.8) is 0 Å². The first-order valence-electron chi connectivity index (χ1n) is 14.7. The lowest BCUT2D eigenvalue weighted by Gasteiger charge is -2.30. The molecule has 1 fully saturated rings. The van der Waals surface area contributed by atoms with Crippen LogP contribution in [-0.2, 0) is 11.2 Å². The van der Waals surface area contributed by atoms with Gasteiger partial charge < -0.3 is 19.1 Å². The van der Waals surface area contributed by atoms with Crippen molar-refractivity contribution in [2.75, 3.05) is 33.4 Å². The molecule has 0 unspecified atom stereocenters. The Balaban J connectivity index is 1.20. The Morgan fingerprint density at radius 2 is 1.84 bits per heavy atom. The van der Waals surface area contributed by atoms with Crippen LogP contribution in [-0.4, -0.2) is 55.4 Å². The van der Waals surface area contributed by atoms with Crippen LogP contribution in [0.25, 0.3) is 10.9 Å². The summed E-state index contributed by atoms with van der Waals surface area (Å²) in [6.07, 6.45) is 6.07. The van der Waals surface area contributed by atoms with Crippen molar-refractivity contribution in [1.82, 2.24) is 15.3 Å². The van der Waals surface area contributed by atoms with Crippen LogP contribution in [0, 0.1) is 17.6 Å². The molecule has 0 radical (unpaired) electrons. The number of fused-ring (bicyclic) bond motifs is 1. The van der Waals surface area contributed by atoms with Gasteiger partial charge in [-0.05, 0) is 74.2 Å². The van der Waals surface area contributed by atoms with Crippen LogP contribution in [0.15, 0.2) is 72.0 Å². The normalized spacial score (nSPS) is 14.2. The van der Waals surface area contributed by atoms with E-state index in [1.165, 1.54) is 43.3 Å². The van der Waals surface area contributed by atoms with Gasteiger partial charge in [0.2, 0.25) is 5.91 Å². The van der Waals surface area contributed by atoms with Crippen LogP contribution in [0.3, 0.4) is 0 Å². The number of amides is 1. The third-order valence-corrected chi connectivity index (χ3v) is 7.62. The Morgan fingerprint density at radius 1 is 1.02 bits per heavy atom. The molecular formula is C34H36F2N4O4. The Hall–Kier alpha value is -4.57. The number of piperidine rings is 1. The number of nitrogens with one attached hydrogen (secondary N) is 1. The second-order valence-corrected chi connectivity index (χ2v) is 10.9. The van der Waals surface area contributed by atoms with Crippen LogP contribution in [0.1, 0.15) is 37.3 Å². The standard InChI is InChI=1S/C34H36F2N4O4/c1-23-11-15-40(16-12-23)14-5-17-43-33-21-29-26(20-32(33)42-2)30(10-13-37-29)44-31-9-8-24(18-28(31)36)19-34(41)39-38-22-25-6-3-4-7-27(25)35/h3-4,6-10,13,18,20-23H,5,11-12,14-17,19H2,1-2H3,(H,39,41)/b38-22+. The summed E-state index contributed by atoms with van der Waals surface area (Å²) in [4.78, 5) is 19.2. The summed E-state index contributed by atoms with van der Waals surface area (Å²) in [5, 5.41) is 4.41. The summed E-state index contributed by atoms with van der Waals surface area (Å²) in [6.45, 7) is 6.14. The number of hydrogen-bond donors (Lipinski definition) is 1. The van der Waals surface area contributed by atoms with E-state index >= 15 is 4.39 Å². The molecule has 1 saturated heterocycles. The highest BCUT2D eigenvalue weighted by molar-refractivity contribution is 5.88. The molecule has 1 aliphatic rings. The molecule has 0 spiro atoms. The molecule has 0 bridgehead atoms. The number of ether oxygens (including phenoxy) is 3. The van der Waals surface area contributed by atoms with Crippen molar-refractivity contribution in [2.45, 2.75) is 32.6 Å². The molecule has 2 heterocycles. The molecular weight excluding hydrogens is 566 g/mol. The predicted octanol–water partition coefficient (Wildman–Crippen LogP) is 6.51. The monoisotopic (exact) mass is 602 g/mol. The van der Waals surface area contributed by atoms with E-state index in [1.807, 2.05) is 0 Å². The maximum Gasteiger partial charge on any atom is 0.244 e. The summed E-state index contributed by atoms with van der Waals surface area (Å²) in [7, 11) is 1.57. The molecule has 1 N–H and O–H groups in total. The average Bonchev–Trinajstić information content (AvgIpc) is 3.02. The van der Waals surface area contributed by atoms with E-state index in [0.29, 0.717) is 40.3 Å². The first-order valence-corrected chi connectivity index (χ1v) is 14.7. The average molecular weight is 603 g/mol. The second kappa shape index (κ2) is 14.7. The van der Waals surface area contributed by atoms with Gasteiger partial charge in [0.25, 0.3) is 0 Å². The van der Waals surface area contributed by atoms with Gasteiger partial charge in [-0.3, -0.25) is 9.78 Å². The molecule has 44 heavy (non-hydrogen) atoms. The third kappa shape index (κ3) is 8.08. The largest absolute Gasteiger partial charge is 0.493 e. The summed E-state index contributed by atoms with van der Waals surface area (Å²) >= 11 is 0. The molecule has 1 aliphatic heterocycles. The van der Waals surface area contributed by atoms with Gasteiger partial charge in [0.05, 0.1) is 31.9 Å². The lowest BCUT2D eigenvalue weighted by molar-refractivity contribution is -0.120. The van der Waals surface area contributed by atoms with Gasteiger partial charge in [-0.25, -0.2) is 14.2 Å². The van der Waals surface area contributed by atoms with Gasteiger partial charge in [0.15, 0.2) is 23.1 Å². The second-order valence-electron chi connectivity index (χ2n) is 10.9. The summed E-state index contributed by atoms with van der Waals surface area (Å²) in [6, 6.07) is 15.6. The minimum atomic E-state index is -0.634. The molecule has 0 atom stereocenters. The van der Waals surface area contributed by atoms with Crippen molar-refractivity contribution in [3.05, 3.63) is 89.6 Å². The molecule has 0 aliphatic carbocycles. The van der Waals surface area contributed by atoms with Gasteiger partial charge in [-0.15, -0.1) is 0 Å². The number of methoxy groups -OCH3 is 1. The highest BCUT2D eigenvalue weighted by Crippen LogP contribution is 2.37. The zero-order chi connectivity index (χ0) is 30.9. The van der Waals surface area contributed by atoms with E-state index in [-0.39, 0.29) is 17.7 Å². The predicted molar refractivity (Wildman–Crippen MR) is 166 cm³/mol. The molecule has 0 saturated carbocycles. The van der Waals surface area contributed by atoms with Gasteiger partial charge >= 0.3 is 0 Å². The summed E-state index contributed by atoms with van der Waals surface area (Å²) in [5.41, 5.74) is 3.61. The summed E-state index contributed by atoms with van der Waals surface area (Å²) in [5.74, 6) is 0.746. The number of halogens is 2. The highest BCUT2D eigenvalue weighted by atomic mass is 19.1. The number of benzene rings is 3. The van der Waals surface area contributed by atoms with Crippen LogP contribution in [0.2, 0.25) is 0 Å². The minimum absolute atomic E-state index is 0.00867. The number of nitrogens with zero attached hydrogens (tertiary/aromatic N) is 3. The fourth-order valence-corrected chi connectivity index (χ4v) is 5.08. The number of carbonyl (C=O) groups excluding carboxylic acids is 1. The van der Waals surface area contributed by atoms with Crippen molar-refractivity contribution >= 4 is 23.0 Å². The number of hydrogen-bond acceptors (Lipinski definition) is 7. The maximum absolute atomic E-state index is 15.0. The van der Waals surface area contributed by atoms with Crippen LogP contribution in [0.4, 0.5) is 8.78 Å². The van der Waals surface area contributed by atoms with Gasteiger partial charge in [0, 0.05) is 29.8 Å². The quantitative estimate of drug-likeness (QED) is 0.113. The molecule has 5 rings (SSSR count). The molecule has 4 aromatic rings. The van der Waals surface area contributed by atoms with Crippen molar-refractivity contribution in [2.24, 2.45) is 11.0 Å². The smallest absolute Gasteiger partial charge is 0.244 e. The third-order valence-electron chi connectivity index (χ3n) is 7.62. The number of carbonyl (C=O) groups is 1. The van der Waals surface area contributed by atoms with E-state index in [9.17, 15) is 9.18 Å². The number of likely N-dealkylation sites (tertiary alicyclic amines) is 1. The lowest BCUT2D eigenvalue weighted by Crippen LogP contribution is -2.34. The van der Waals surface area contributed by atoms with E-state index in [1.54, 1.807) is 49.7 Å². The number of pyridine rings is 1. The highest BCUT2D eigenvalue weighted by Gasteiger charge is 2.17. The molecule has 230 valence electrons. The Morgan fingerprint density at radius 3 is 2.61 bits per heavy atom. The fraction of sp³-hybridized carbons (Fsp3) is 0.324. The van der Waals surface area contributed by atoms with Crippen molar-refractivity contribution < 1.29 is 27.8 Å². The molecule has 10 heteroatoms. The topological polar surface area (TPSA) is 85.3 Å². The lowest BCUT2D eigenvalue weighted by atomic mass is 9.99. The number of rotatable bonds is 12. The molecule has 8 nitrogen and oxygen atoms in total. The van der Waals surface area contributed by atoms with Crippen LogP contribution < -0.4 is 19.6 Å². The van der Waals surface area contributed by atoms with E-state index in [0.717, 1.165) is 32.0 Å². The minimum Gasteiger partial charge on any atom is -0.493 e. The Bertz CT molecular complexity index is 1620.